The first-order chi connectivity index (χ1) is 63.3. The Kier molecular flexibility index (Phi) is 27.7. The highest BCUT2D eigenvalue weighted by Crippen LogP contribution is 2.43. The monoisotopic (exact) mass is 1800 g/mol. The lowest BCUT2D eigenvalue weighted by Crippen LogP contribution is -2.39. The van der Waals surface area contributed by atoms with Crippen molar-refractivity contribution in [3.63, 3.8) is 0 Å². The molecule has 4 aliphatic heterocycles. The summed E-state index contributed by atoms with van der Waals surface area (Å²) in [6, 6.07) is 54.0. The van der Waals surface area contributed by atoms with Gasteiger partial charge in [0.1, 0.15) is 40.6 Å². The minimum Gasteiger partial charge on any atom is -0.490 e. The highest BCUT2D eigenvalue weighted by Gasteiger charge is 2.36. The van der Waals surface area contributed by atoms with Crippen molar-refractivity contribution in [3.8, 4) is 33.8 Å². The Hall–Kier alpha value is -12.1. The number of pyridine rings is 2. The van der Waals surface area contributed by atoms with Crippen molar-refractivity contribution in [1.82, 2.24) is 39.9 Å². The molecule has 2 saturated carbocycles. The van der Waals surface area contributed by atoms with Gasteiger partial charge in [-0.15, -0.1) is 0 Å². The van der Waals surface area contributed by atoms with E-state index in [1.54, 1.807) is 0 Å². The molecule has 2 atom stereocenters. The Morgan fingerprint density at radius 3 is 1.55 bits per heavy atom. The van der Waals surface area contributed by atoms with Crippen LogP contribution >= 0.6 is 22.7 Å². The molecule has 0 bridgehead atoms. The van der Waals surface area contributed by atoms with Gasteiger partial charge < -0.3 is 38.4 Å². The summed E-state index contributed by atoms with van der Waals surface area (Å²) in [7, 11) is 1.95. The largest absolute Gasteiger partial charge is 0.490 e. The SMILES string of the molecule is Cc1c(OC2CCC(CCCC=O)CC2)cccc1-c1ccc(N2CCc3cccc(C(=O)Nc4nc5ccccc5s4)c3C2)nc1C(=O)OC(C)(C)C.Cc1c(OC2CCC(CCCCN3CCC[C@@H](c4ccc5c(C6CCC(=O)NC6=O)nn(C)c5c4)C3)CC2)cccc1-c1ccc(N2CCc3cccc(C(=O)Nc4nc5ccccc5s4)c3C2)nc1C(=O)OC(C)(C)C. The van der Waals surface area contributed by atoms with Gasteiger partial charge in [-0.1, -0.05) is 127 Å². The minimum atomic E-state index is -0.730. The topological polar surface area (TPSA) is 272 Å². The second kappa shape index (κ2) is 39.9. The van der Waals surface area contributed by atoms with Gasteiger partial charge in [0.2, 0.25) is 11.8 Å². The standard InChI is InChI=1S/C62H70N8O6S.C44H48N4O5S/c1-38-44(45-27-29-54(64-57(45)60(74)76-62(2,3)4)70-34-31-40-14-10-17-46(49(40)37-70)58(72)66-61-63-50-18-6-7-20-53(50)77-61)16-11-19-52(38)75-43-24-21-39(22-25-43)13-8-9-32-69-33-12-15-42(36-69)41-23-26-47-51(35-41)68(5)67-56(47)48-28-30-55(71)65-59(48)73;1-28-32(13-10-16-37(28)52-31-20-18-29(19-21-31)11-7-8-26-49)33-22-23-39(46-40(33)42(51)53-44(2,3)4)48-25-24-30-12-9-14-34(35(30)27-48)41(50)47-43-45-36-15-5-6-17-38(36)54-43/h6-7,10-11,14,16-20,23,26-27,29,35,39,42-43,48H,8-9,12-13,15,21-22,24-25,28,30-34,36-37H2,1-5H3,(H,63,66,72)(H,65,71,73);5-6,9-10,12-17,22-23,26,29,31H,7-8,11,18-21,24-25,27H2,1-4H3,(H,45,47,50)/t39?,42-,43?,48?;/m1./s1. The zero-order valence-corrected chi connectivity index (χ0v) is 78.2. The van der Waals surface area contributed by atoms with Crippen molar-refractivity contribution in [2.24, 2.45) is 18.9 Å². The van der Waals surface area contributed by atoms with Gasteiger partial charge in [0.25, 0.3) is 11.8 Å². The minimum absolute atomic E-state index is 0.126. The maximum absolute atomic E-state index is 14.1. The van der Waals surface area contributed by atoms with E-state index in [4.69, 9.17) is 34.0 Å². The Labute approximate surface area is 774 Å². The van der Waals surface area contributed by atoms with Gasteiger partial charge in [0.15, 0.2) is 21.7 Å². The number of imide groups is 1. The molecule has 7 aromatic carbocycles. The fourth-order valence-corrected chi connectivity index (χ4v) is 21.6. The number of anilines is 4. The number of likely N-dealkylation sites (tertiary alicyclic amines) is 1. The van der Waals surface area contributed by atoms with Gasteiger partial charge >= 0.3 is 11.9 Å². The third-order valence-electron chi connectivity index (χ3n) is 26.7. The molecule has 1 unspecified atom stereocenters. The number of ether oxygens (including phenoxy) is 4. The third kappa shape index (κ3) is 21.4. The molecule has 12 aromatic rings. The van der Waals surface area contributed by atoms with E-state index >= 15 is 0 Å². The van der Waals surface area contributed by atoms with Gasteiger partial charge in [-0.25, -0.2) is 29.5 Å². The number of esters is 2. The van der Waals surface area contributed by atoms with E-state index in [9.17, 15) is 33.6 Å². The summed E-state index contributed by atoms with van der Waals surface area (Å²) in [5.41, 5.74) is 14.2. The number of carbonyl (C=O) groups excluding carboxylic acids is 7. The number of hydrogen-bond donors (Lipinski definition) is 3. The van der Waals surface area contributed by atoms with E-state index in [0.717, 1.165) is 196 Å². The lowest BCUT2D eigenvalue weighted by molar-refractivity contribution is -0.134. The summed E-state index contributed by atoms with van der Waals surface area (Å²) in [5, 5.41) is 15.4. The molecule has 2 saturated heterocycles. The molecule has 4 fully saturated rings. The molecule has 25 heteroatoms. The highest BCUT2D eigenvalue weighted by atomic mass is 32.1. The number of benzene rings is 7. The lowest BCUT2D eigenvalue weighted by atomic mass is 9.84. The maximum atomic E-state index is 14.1. The van der Waals surface area contributed by atoms with Crippen LogP contribution in [0.3, 0.4) is 0 Å². The molecule has 0 spiro atoms. The van der Waals surface area contributed by atoms with E-state index in [0.29, 0.717) is 107 Å². The normalized spacial score (nSPS) is 19.0. The number of carbonyl (C=O) groups is 7. The van der Waals surface area contributed by atoms with Crippen molar-refractivity contribution in [2.75, 3.05) is 53.2 Å². The summed E-state index contributed by atoms with van der Waals surface area (Å²) in [6.07, 6.45) is 20.8. The number of aryl methyl sites for hydroxylation is 1. The fraction of sp³-hybridized carbons (Fsp3) is 0.415. The molecule has 4 amide bonds. The van der Waals surface area contributed by atoms with E-state index < -0.39 is 29.1 Å². The number of thiazole rings is 2. The summed E-state index contributed by atoms with van der Waals surface area (Å²) in [4.78, 5) is 117. The molecule has 6 aliphatic rings. The van der Waals surface area contributed by atoms with Crippen LogP contribution in [0, 0.1) is 25.7 Å². The summed E-state index contributed by atoms with van der Waals surface area (Å²) in [6.45, 7) is 20.8. The van der Waals surface area contributed by atoms with Crippen molar-refractivity contribution in [1.29, 1.82) is 0 Å². The van der Waals surface area contributed by atoms with Crippen molar-refractivity contribution in [2.45, 2.75) is 232 Å². The summed E-state index contributed by atoms with van der Waals surface area (Å²) >= 11 is 2.91. The molecular weight excluding hydrogens is 1680 g/mol. The third-order valence-corrected chi connectivity index (χ3v) is 28.6. The maximum Gasteiger partial charge on any atom is 0.358 e. The van der Waals surface area contributed by atoms with E-state index in [2.05, 4.69) is 77.9 Å². The Bertz CT molecular complexity index is 6200. The number of aromatic nitrogens is 6. The molecular formula is C106H118N12O11S2. The number of piperidine rings is 2. The van der Waals surface area contributed by atoms with E-state index in [1.807, 2.05) is 194 Å². The first-order valence-electron chi connectivity index (χ1n) is 46.8. The average molecular weight is 1800 g/mol. The zero-order chi connectivity index (χ0) is 91.2. The number of hydrogen-bond acceptors (Lipinski definition) is 21. The molecule has 2 aliphatic carbocycles. The van der Waals surface area contributed by atoms with Crippen LogP contribution < -0.4 is 35.2 Å². The van der Waals surface area contributed by atoms with Crippen LogP contribution in [-0.2, 0) is 56.8 Å². The Balaban J connectivity index is 0.000000195. The van der Waals surface area contributed by atoms with Crippen LogP contribution in [0.2, 0.25) is 0 Å². The van der Waals surface area contributed by atoms with E-state index in [1.165, 1.54) is 60.3 Å². The van der Waals surface area contributed by atoms with Crippen molar-refractivity contribution in [3.05, 3.63) is 231 Å². The predicted molar refractivity (Wildman–Crippen MR) is 517 cm³/mol. The number of nitrogens with zero attached hydrogens (tertiary/aromatic N) is 9. The lowest BCUT2D eigenvalue weighted by Gasteiger charge is -2.33. The van der Waals surface area contributed by atoms with Crippen LogP contribution in [0.15, 0.2) is 164 Å². The number of para-hydroxylation sites is 2. The first kappa shape index (κ1) is 90.9. The second-order valence-corrected chi connectivity index (χ2v) is 40.2. The molecule has 131 heavy (non-hydrogen) atoms. The molecule has 23 nitrogen and oxygen atoms in total. The summed E-state index contributed by atoms with van der Waals surface area (Å²) < 4.78 is 29.3. The molecule has 5 aromatic heterocycles. The van der Waals surface area contributed by atoms with Crippen LogP contribution in [-0.4, -0.2) is 133 Å². The molecule has 9 heterocycles. The summed E-state index contributed by atoms with van der Waals surface area (Å²) in [5.74, 6) is 2.49. The number of amides is 4. The number of fused-ring (bicyclic) bond motifs is 5. The van der Waals surface area contributed by atoms with Crippen molar-refractivity contribution < 1.29 is 52.5 Å². The second-order valence-electron chi connectivity index (χ2n) is 38.1. The predicted octanol–water partition coefficient (Wildman–Crippen LogP) is 21.6. The van der Waals surface area contributed by atoms with Crippen LogP contribution in [0.5, 0.6) is 11.5 Å². The Morgan fingerprint density at radius 2 is 1.05 bits per heavy atom. The number of aldehydes is 1. The molecule has 18 rings (SSSR count). The van der Waals surface area contributed by atoms with Gasteiger partial charge in [0.05, 0.1) is 49.8 Å². The van der Waals surface area contributed by atoms with Crippen LogP contribution in [0.25, 0.3) is 53.6 Å². The Morgan fingerprint density at radius 1 is 0.534 bits per heavy atom. The number of unbranched alkanes of at least 4 members (excludes halogenated alkanes) is 2. The van der Waals surface area contributed by atoms with Gasteiger partial charge in [-0.05, 0) is 311 Å². The highest BCUT2D eigenvalue weighted by molar-refractivity contribution is 7.22. The van der Waals surface area contributed by atoms with Crippen LogP contribution in [0.1, 0.15) is 255 Å². The van der Waals surface area contributed by atoms with Crippen molar-refractivity contribution >= 4 is 118 Å². The molecule has 0 radical (unpaired) electrons. The van der Waals surface area contributed by atoms with E-state index in [-0.39, 0.29) is 47.2 Å². The number of rotatable bonds is 25. The molecule has 3 N–H and O–H groups in total. The molecule has 680 valence electrons. The quantitative estimate of drug-likeness (QED) is 0.0208. The van der Waals surface area contributed by atoms with Crippen LogP contribution in [0.4, 0.5) is 21.9 Å². The smallest absolute Gasteiger partial charge is 0.358 e. The van der Waals surface area contributed by atoms with Gasteiger partial charge in [0, 0.05) is 80.3 Å². The first-order valence-corrected chi connectivity index (χ1v) is 48.4. The fourth-order valence-electron chi connectivity index (χ4n) is 19.9. The number of nitrogens with one attached hydrogen (secondary N) is 3. The average Bonchev–Trinajstić information content (AvgIpc) is 1.31. The zero-order valence-electron chi connectivity index (χ0n) is 76.6. The van der Waals surface area contributed by atoms with Gasteiger partial charge in [-0.3, -0.25) is 39.8 Å². The van der Waals surface area contributed by atoms with Gasteiger partial charge in [-0.2, -0.15) is 5.10 Å².